The van der Waals surface area contributed by atoms with Crippen molar-refractivity contribution in [3.8, 4) is 0 Å². The van der Waals surface area contributed by atoms with Gasteiger partial charge in [-0.3, -0.25) is 9.78 Å². The fraction of sp³-hybridized carbons (Fsp3) is 0.222. The molecule has 0 atom stereocenters. The first kappa shape index (κ1) is 15.9. The van der Waals surface area contributed by atoms with Crippen LogP contribution in [0.15, 0.2) is 36.5 Å². The van der Waals surface area contributed by atoms with E-state index in [2.05, 4.69) is 21.2 Å². The van der Waals surface area contributed by atoms with E-state index in [-0.39, 0.29) is 11.4 Å². The number of pyridine rings is 1. The van der Waals surface area contributed by atoms with Gasteiger partial charge < -0.3 is 11.5 Å². The van der Waals surface area contributed by atoms with Crippen LogP contribution in [0.5, 0.6) is 0 Å². The van der Waals surface area contributed by atoms with Crippen molar-refractivity contribution >= 4 is 22.5 Å². The van der Waals surface area contributed by atoms with Crippen molar-refractivity contribution in [3.63, 3.8) is 0 Å². The molecule has 0 aliphatic carbocycles. The third-order valence-corrected chi connectivity index (χ3v) is 4.03. The van der Waals surface area contributed by atoms with E-state index in [0.29, 0.717) is 5.39 Å². The summed E-state index contributed by atoms with van der Waals surface area (Å²) < 4.78 is 0. The highest BCUT2D eigenvalue weighted by atomic mass is 16.1. The highest BCUT2D eigenvalue weighted by Crippen LogP contribution is 2.24. The van der Waals surface area contributed by atoms with Gasteiger partial charge in [0.15, 0.2) is 5.69 Å². The topological polar surface area (TPSA) is 108 Å². The number of aromatic nitrogens is 3. The van der Waals surface area contributed by atoms with Gasteiger partial charge in [0.2, 0.25) is 0 Å². The first-order valence-electron chi connectivity index (χ1n) is 7.81. The second kappa shape index (κ2) is 6.62. The highest BCUT2D eigenvalue weighted by molar-refractivity contribution is 6.04. The molecule has 2 heterocycles. The SMILES string of the molecule is Cc1ccc(CCCc2cccc3c(N)c(C(N)=O)nnc23)cn1. The Morgan fingerprint density at radius 3 is 2.67 bits per heavy atom. The van der Waals surface area contributed by atoms with E-state index in [1.165, 1.54) is 5.56 Å². The molecule has 0 saturated carbocycles. The fourth-order valence-electron chi connectivity index (χ4n) is 2.72. The lowest BCUT2D eigenvalue weighted by Gasteiger charge is -2.09. The average molecular weight is 321 g/mol. The van der Waals surface area contributed by atoms with Crippen molar-refractivity contribution in [1.82, 2.24) is 15.2 Å². The number of carbonyl (C=O) groups is 1. The summed E-state index contributed by atoms with van der Waals surface area (Å²) in [7, 11) is 0. The van der Waals surface area contributed by atoms with E-state index >= 15 is 0 Å². The molecule has 2 aromatic heterocycles. The number of hydrogen-bond acceptors (Lipinski definition) is 5. The Labute approximate surface area is 139 Å². The molecule has 0 radical (unpaired) electrons. The summed E-state index contributed by atoms with van der Waals surface area (Å²) in [6.45, 7) is 1.98. The minimum Gasteiger partial charge on any atom is -0.396 e. The number of fused-ring (bicyclic) bond motifs is 1. The summed E-state index contributed by atoms with van der Waals surface area (Å²) in [4.78, 5) is 15.6. The van der Waals surface area contributed by atoms with Gasteiger partial charge in [0.1, 0.15) is 0 Å². The average Bonchev–Trinajstić information content (AvgIpc) is 2.57. The largest absolute Gasteiger partial charge is 0.396 e. The molecular weight excluding hydrogens is 302 g/mol. The molecule has 122 valence electrons. The van der Waals surface area contributed by atoms with Crippen molar-refractivity contribution in [3.05, 3.63) is 59.0 Å². The lowest BCUT2D eigenvalue weighted by atomic mass is 10.0. The maximum atomic E-state index is 11.3. The van der Waals surface area contributed by atoms with Crippen LogP contribution in [0.3, 0.4) is 0 Å². The van der Waals surface area contributed by atoms with Gasteiger partial charge in [-0.1, -0.05) is 24.3 Å². The zero-order valence-corrected chi connectivity index (χ0v) is 13.5. The molecule has 24 heavy (non-hydrogen) atoms. The molecule has 0 aliphatic heterocycles. The smallest absolute Gasteiger partial charge is 0.271 e. The molecule has 6 nitrogen and oxygen atoms in total. The van der Waals surface area contributed by atoms with Gasteiger partial charge in [0.25, 0.3) is 5.91 Å². The van der Waals surface area contributed by atoms with Crippen LogP contribution in [0.1, 0.15) is 33.7 Å². The molecule has 0 saturated heterocycles. The summed E-state index contributed by atoms with van der Waals surface area (Å²) in [5.74, 6) is -0.667. The number of carbonyl (C=O) groups excluding carboxylic acids is 1. The van der Waals surface area contributed by atoms with Gasteiger partial charge in [-0.25, -0.2) is 0 Å². The van der Waals surface area contributed by atoms with Crippen LogP contribution in [0.2, 0.25) is 0 Å². The molecule has 4 N–H and O–H groups in total. The van der Waals surface area contributed by atoms with Gasteiger partial charge in [0.05, 0.1) is 11.2 Å². The van der Waals surface area contributed by atoms with Crippen molar-refractivity contribution in [2.24, 2.45) is 5.73 Å². The number of rotatable bonds is 5. The summed E-state index contributed by atoms with van der Waals surface area (Å²) in [5.41, 5.74) is 15.6. The number of nitrogen functional groups attached to an aromatic ring is 1. The van der Waals surface area contributed by atoms with Crippen LogP contribution in [-0.2, 0) is 12.8 Å². The van der Waals surface area contributed by atoms with E-state index < -0.39 is 5.91 Å². The van der Waals surface area contributed by atoms with Crippen LogP contribution in [0.25, 0.3) is 10.9 Å². The van der Waals surface area contributed by atoms with Crippen LogP contribution < -0.4 is 11.5 Å². The fourth-order valence-corrected chi connectivity index (χ4v) is 2.72. The normalized spacial score (nSPS) is 10.9. The van der Waals surface area contributed by atoms with Crippen molar-refractivity contribution in [2.75, 3.05) is 5.73 Å². The summed E-state index contributed by atoms with van der Waals surface area (Å²) in [5, 5.41) is 8.76. The van der Waals surface area contributed by atoms with Crippen LogP contribution in [-0.4, -0.2) is 21.1 Å². The first-order valence-corrected chi connectivity index (χ1v) is 7.81. The summed E-state index contributed by atoms with van der Waals surface area (Å²) in [6.07, 6.45) is 4.65. The Hall–Kier alpha value is -3.02. The Bertz CT molecular complexity index is 890. The second-order valence-electron chi connectivity index (χ2n) is 5.80. The monoisotopic (exact) mass is 321 g/mol. The second-order valence-corrected chi connectivity index (χ2v) is 5.80. The number of benzene rings is 1. The number of anilines is 1. The number of nitrogens with zero attached hydrogens (tertiary/aromatic N) is 3. The van der Waals surface area contributed by atoms with E-state index in [1.54, 1.807) is 0 Å². The lowest BCUT2D eigenvalue weighted by molar-refractivity contribution is 0.0996. The first-order chi connectivity index (χ1) is 11.6. The molecule has 1 amide bonds. The van der Waals surface area contributed by atoms with Gasteiger partial charge in [-0.2, -0.15) is 0 Å². The molecule has 3 aromatic rings. The van der Waals surface area contributed by atoms with Crippen LogP contribution in [0.4, 0.5) is 5.69 Å². The van der Waals surface area contributed by atoms with Crippen LogP contribution in [0, 0.1) is 6.92 Å². The number of hydrogen-bond donors (Lipinski definition) is 2. The molecule has 1 aromatic carbocycles. The molecule has 6 heteroatoms. The maximum Gasteiger partial charge on any atom is 0.271 e. The molecule has 0 aliphatic rings. The van der Waals surface area contributed by atoms with Gasteiger partial charge in [-0.15, -0.1) is 10.2 Å². The standard InChI is InChI=1S/C18H19N5O/c1-11-8-9-12(10-21-11)4-2-5-13-6-3-7-14-15(19)17(18(20)24)23-22-16(13)14/h3,6-10H,2,4-5H2,1H3,(H2,19,22)(H2,20,24). The maximum absolute atomic E-state index is 11.3. The summed E-state index contributed by atoms with van der Waals surface area (Å²) >= 11 is 0. The predicted octanol–water partition coefficient (Wildman–Crippen LogP) is 2.19. The van der Waals surface area contributed by atoms with Crippen molar-refractivity contribution in [1.29, 1.82) is 0 Å². The number of primary amides is 1. The molecule has 0 unspecified atom stereocenters. The predicted molar refractivity (Wildman–Crippen MR) is 93.5 cm³/mol. The third-order valence-electron chi connectivity index (χ3n) is 4.03. The van der Waals surface area contributed by atoms with E-state index in [0.717, 1.165) is 36.0 Å². The van der Waals surface area contributed by atoms with Gasteiger partial charge >= 0.3 is 0 Å². The summed E-state index contributed by atoms with van der Waals surface area (Å²) in [6, 6.07) is 9.87. The Morgan fingerprint density at radius 1 is 1.12 bits per heavy atom. The van der Waals surface area contributed by atoms with Crippen molar-refractivity contribution < 1.29 is 4.79 Å². The molecule has 3 rings (SSSR count). The molecule has 0 bridgehead atoms. The van der Waals surface area contributed by atoms with E-state index in [4.69, 9.17) is 11.5 Å². The molecule has 0 spiro atoms. The van der Waals surface area contributed by atoms with Crippen LogP contribution >= 0.6 is 0 Å². The number of aryl methyl sites for hydroxylation is 3. The van der Waals surface area contributed by atoms with E-state index in [9.17, 15) is 4.79 Å². The Kier molecular flexibility index (Phi) is 4.37. The van der Waals surface area contributed by atoms with Gasteiger partial charge in [-0.05, 0) is 43.4 Å². The zero-order chi connectivity index (χ0) is 17.1. The molecular formula is C18H19N5O. The number of nitrogens with two attached hydrogens (primary N) is 2. The van der Waals surface area contributed by atoms with Gasteiger partial charge in [0, 0.05) is 17.3 Å². The quantitative estimate of drug-likeness (QED) is 0.749. The lowest BCUT2D eigenvalue weighted by Crippen LogP contribution is -2.17. The Morgan fingerprint density at radius 2 is 1.96 bits per heavy atom. The van der Waals surface area contributed by atoms with Crippen molar-refractivity contribution in [2.45, 2.75) is 26.2 Å². The zero-order valence-electron chi connectivity index (χ0n) is 13.5. The number of amides is 1. The third kappa shape index (κ3) is 3.17. The van der Waals surface area contributed by atoms with E-state index in [1.807, 2.05) is 37.4 Å². The molecule has 0 fully saturated rings. The minimum absolute atomic E-state index is 0.0189. The Balaban J connectivity index is 1.81. The highest BCUT2D eigenvalue weighted by Gasteiger charge is 2.14. The minimum atomic E-state index is -0.667.